The van der Waals surface area contributed by atoms with Gasteiger partial charge in [-0.15, -0.1) is 0 Å². The molecule has 0 saturated heterocycles. The van der Waals surface area contributed by atoms with Crippen molar-refractivity contribution in [2.75, 3.05) is 23.8 Å². The quantitative estimate of drug-likeness (QED) is 0.518. The molecule has 0 saturated carbocycles. The zero-order valence-corrected chi connectivity index (χ0v) is 14.9. The fraction of sp³-hybridized carbons (Fsp3) is 0.118. The van der Waals surface area contributed by atoms with Crippen molar-refractivity contribution in [3.8, 4) is 11.3 Å². The van der Waals surface area contributed by atoms with Gasteiger partial charge in [-0.3, -0.25) is 4.98 Å². The number of nitrogens with zero attached hydrogens (tertiary/aromatic N) is 3. The van der Waals surface area contributed by atoms with Crippen molar-refractivity contribution >= 4 is 40.0 Å². The van der Waals surface area contributed by atoms with Crippen LogP contribution in [0.1, 0.15) is 0 Å². The van der Waals surface area contributed by atoms with Crippen LogP contribution in [0.2, 0.25) is 0 Å². The van der Waals surface area contributed by atoms with Crippen LogP contribution in [0.25, 0.3) is 11.3 Å². The topological polar surface area (TPSA) is 83.0 Å². The van der Waals surface area contributed by atoms with E-state index in [0.717, 1.165) is 20.5 Å². The van der Waals surface area contributed by atoms with Crippen LogP contribution >= 0.6 is 22.6 Å². The first kappa shape index (κ1) is 16.6. The van der Waals surface area contributed by atoms with E-state index in [4.69, 9.17) is 5.11 Å². The molecule has 6 nitrogen and oxygen atoms in total. The number of halogens is 1. The molecule has 0 fully saturated rings. The molecule has 0 amide bonds. The second-order valence-electron chi connectivity index (χ2n) is 4.96. The number of aromatic nitrogens is 3. The molecule has 0 atom stereocenters. The SMILES string of the molecule is OCCNc1nc(Nc2ccccc2I)cc(-c2cccnc2)n1. The summed E-state index contributed by atoms with van der Waals surface area (Å²) in [6, 6.07) is 13.7. The maximum Gasteiger partial charge on any atom is 0.225 e. The van der Waals surface area contributed by atoms with Crippen LogP contribution in [0.4, 0.5) is 17.5 Å². The lowest BCUT2D eigenvalue weighted by molar-refractivity contribution is 0.311. The van der Waals surface area contributed by atoms with Gasteiger partial charge < -0.3 is 15.7 Å². The molecule has 0 bridgehead atoms. The fourth-order valence-corrected chi connectivity index (χ4v) is 2.64. The van der Waals surface area contributed by atoms with E-state index < -0.39 is 0 Å². The summed E-state index contributed by atoms with van der Waals surface area (Å²) < 4.78 is 1.10. The van der Waals surface area contributed by atoms with Crippen LogP contribution in [0.5, 0.6) is 0 Å². The van der Waals surface area contributed by atoms with Crippen molar-refractivity contribution in [2.45, 2.75) is 0 Å². The van der Waals surface area contributed by atoms with Gasteiger partial charge in [-0.1, -0.05) is 12.1 Å². The van der Waals surface area contributed by atoms with Crippen LogP contribution in [-0.2, 0) is 0 Å². The molecule has 0 aliphatic rings. The number of benzene rings is 1. The summed E-state index contributed by atoms with van der Waals surface area (Å²) in [4.78, 5) is 13.1. The number of nitrogens with one attached hydrogen (secondary N) is 2. The number of hydrogen-bond acceptors (Lipinski definition) is 6. The minimum atomic E-state index is 0.0137. The molecule has 7 heteroatoms. The normalized spacial score (nSPS) is 10.4. The Hall–Kier alpha value is -2.26. The van der Waals surface area contributed by atoms with E-state index in [1.54, 1.807) is 12.4 Å². The summed E-state index contributed by atoms with van der Waals surface area (Å²) in [7, 11) is 0. The van der Waals surface area contributed by atoms with E-state index in [2.05, 4.69) is 48.2 Å². The molecular weight excluding hydrogens is 417 g/mol. The Labute approximate surface area is 153 Å². The Balaban J connectivity index is 1.97. The van der Waals surface area contributed by atoms with Crippen LogP contribution in [-0.4, -0.2) is 33.2 Å². The maximum atomic E-state index is 9.01. The van der Waals surface area contributed by atoms with Gasteiger partial charge in [-0.2, -0.15) is 4.98 Å². The Morgan fingerprint density at radius 3 is 2.71 bits per heavy atom. The minimum absolute atomic E-state index is 0.0137. The molecule has 122 valence electrons. The number of para-hydroxylation sites is 1. The van der Waals surface area contributed by atoms with Crippen molar-refractivity contribution in [2.24, 2.45) is 0 Å². The Kier molecular flexibility index (Phi) is 5.55. The number of hydrogen-bond donors (Lipinski definition) is 3. The fourth-order valence-electron chi connectivity index (χ4n) is 2.12. The summed E-state index contributed by atoms with van der Waals surface area (Å²) in [5, 5.41) is 15.3. The molecule has 3 aromatic rings. The smallest absolute Gasteiger partial charge is 0.225 e. The molecule has 0 unspecified atom stereocenters. The van der Waals surface area contributed by atoms with Crippen LogP contribution < -0.4 is 10.6 Å². The van der Waals surface area contributed by atoms with E-state index in [0.29, 0.717) is 18.3 Å². The van der Waals surface area contributed by atoms with Gasteiger partial charge in [0.2, 0.25) is 5.95 Å². The number of anilines is 3. The lowest BCUT2D eigenvalue weighted by Crippen LogP contribution is -2.10. The van der Waals surface area contributed by atoms with Gasteiger partial charge in [0, 0.05) is 34.1 Å². The lowest BCUT2D eigenvalue weighted by Gasteiger charge is -2.12. The first-order valence-corrected chi connectivity index (χ1v) is 8.50. The first-order chi connectivity index (χ1) is 11.8. The Morgan fingerprint density at radius 2 is 1.96 bits per heavy atom. The van der Waals surface area contributed by atoms with Gasteiger partial charge >= 0.3 is 0 Å². The molecule has 0 aliphatic heterocycles. The third-order valence-electron chi connectivity index (χ3n) is 3.21. The van der Waals surface area contributed by atoms with Gasteiger partial charge in [0.05, 0.1) is 18.0 Å². The molecule has 1 aromatic carbocycles. The molecule has 3 rings (SSSR count). The first-order valence-electron chi connectivity index (χ1n) is 7.42. The highest BCUT2D eigenvalue weighted by atomic mass is 127. The van der Waals surface area contributed by atoms with E-state index >= 15 is 0 Å². The van der Waals surface area contributed by atoms with E-state index in [1.165, 1.54) is 0 Å². The summed E-state index contributed by atoms with van der Waals surface area (Å²) in [6.07, 6.45) is 3.48. The number of pyridine rings is 1. The van der Waals surface area contributed by atoms with Gasteiger partial charge in [0.25, 0.3) is 0 Å². The van der Waals surface area contributed by atoms with Crippen LogP contribution in [0.15, 0.2) is 54.9 Å². The molecule has 2 heterocycles. The monoisotopic (exact) mass is 433 g/mol. The molecule has 0 aliphatic carbocycles. The highest BCUT2D eigenvalue weighted by Crippen LogP contribution is 2.25. The minimum Gasteiger partial charge on any atom is -0.395 e. The molecule has 0 spiro atoms. The predicted octanol–water partition coefficient (Wildman–Crippen LogP) is 3.29. The summed E-state index contributed by atoms with van der Waals surface area (Å²) in [5.41, 5.74) is 2.63. The summed E-state index contributed by atoms with van der Waals surface area (Å²) >= 11 is 2.27. The van der Waals surface area contributed by atoms with Gasteiger partial charge in [0.1, 0.15) is 5.82 Å². The Morgan fingerprint density at radius 1 is 1.08 bits per heavy atom. The third kappa shape index (κ3) is 4.18. The summed E-state index contributed by atoms with van der Waals surface area (Å²) in [6.45, 7) is 0.401. The predicted molar refractivity (Wildman–Crippen MR) is 103 cm³/mol. The van der Waals surface area contributed by atoms with Crippen molar-refractivity contribution in [3.63, 3.8) is 0 Å². The van der Waals surface area contributed by atoms with Gasteiger partial charge in [0.15, 0.2) is 0 Å². The standard InChI is InChI=1S/C17H16IN5O/c18-13-5-1-2-6-14(13)21-16-10-15(12-4-3-7-19-11-12)22-17(23-16)20-8-9-24/h1-7,10-11,24H,8-9H2,(H2,20,21,22,23). The number of rotatable bonds is 6. The average Bonchev–Trinajstić information content (AvgIpc) is 2.62. The Bertz CT molecular complexity index is 813. The van der Waals surface area contributed by atoms with Crippen LogP contribution in [0, 0.1) is 3.57 Å². The largest absolute Gasteiger partial charge is 0.395 e. The molecule has 24 heavy (non-hydrogen) atoms. The van der Waals surface area contributed by atoms with E-state index in [1.807, 2.05) is 42.5 Å². The van der Waals surface area contributed by atoms with Crippen LogP contribution in [0.3, 0.4) is 0 Å². The highest BCUT2D eigenvalue weighted by molar-refractivity contribution is 14.1. The highest BCUT2D eigenvalue weighted by Gasteiger charge is 2.08. The molecule has 3 N–H and O–H groups in total. The lowest BCUT2D eigenvalue weighted by atomic mass is 10.2. The van der Waals surface area contributed by atoms with Crippen molar-refractivity contribution in [1.29, 1.82) is 0 Å². The van der Waals surface area contributed by atoms with Crippen molar-refractivity contribution < 1.29 is 5.11 Å². The third-order valence-corrected chi connectivity index (χ3v) is 4.16. The zero-order valence-electron chi connectivity index (χ0n) is 12.8. The molecular formula is C17H16IN5O. The second-order valence-corrected chi connectivity index (χ2v) is 6.12. The maximum absolute atomic E-state index is 9.01. The zero-order chi connectivity index (χ0) is 16.8. The number of aliphatic hydroxyl groups excluding tert-OH is 1. The average molecular weight is 433 g/mol. The van der Waals surface area contributed by atoms with E-state index in [-0.39, 0.29) is 6.61 Å². The number of aliphatic hydroxyl groups is 1. The van der Waals surface area contributed by atoms with Gasteiger partial charge in [-0.25, -0.2) is 4.98 Å². The summed E-state index contributed by atoms with van der Waals surface area (Å²) in [5.74, 6) is 1.13. The van der Waals surface area contributed by atoms with Crippen molar-refractivity contribution in [3.05, 3.63) is 58.4 Å². The van der Waals surface area contributed by atoms with Crippen molar-refractivity contribution in [1.82, 2.24) is 15.0 Å². The molecule has 0 radical (unpaired) electrons. The van der Waals surface area contributed by atoms with Gasteiger partial charge in [-0.05, 0) is 46.9 Å². The van der Waals surface area contributed by atoms with E-state index in [9.17, 15) is 0 Å². The second kappa shape index (κ2) is 8.02. The molecule has 2 aromatic heterocycles.